The van der Waals surface area contributed by atoms with Gasteiger partial charge < -0.3 is 21.1 Å². The van der Waals surface area contributed by atoms with E-state index in [1.165, 1.54) is 19.2 Å². The lowest BCUT2D eigenvalue weighted by molar-refractivity contribution is 0.382. The molecule has 1 atom stereocenters. The third kappa shape index (κ3) is 3.40. The molecule has 7 nitrogen and oxygen atoms in total. The van der Waals surface area contributed by atoms with E-state index in [1.807, 2.05) is 0 Å². The van der Waals surface area contributed by atoms with E-state index in [4.69, 9.17) is 22.1 Å². The number of thiazole rings is 1. The zero-order valence-electron chi connectivity index (χ0n) is 16.3. The lowest BCUT2D eigenvalue weighted by Crippen LogP contribution is -2.23. The first-order valence-corrected chi connectivity index (χ1v) is 10.7. The van der Waals surface area contributed by atoms with Gasteiger partial charge in [0.15, 0.2) is 10.9 Å². The minimum Gasteiger partial charge on any atom is -0.467 e. The fourth-order valence-corrected chi connectivity index (χ4v) is 4.85. The molecule has 3 heterocycles. The van der Waals surface area contributed by atoms with E-state index in [9.17, 15) is 4.39 Å². The summed E-state index contributed by atoms with van der Waals surface area (Å²) in [4.78, 5) is 12.8. The SMILES string of the molecule is COc1nc(NC2CCNC2)c2cc(Cl)c(-c3ccc(F)c4sc(N)nc34)c(F)c2n1. The lowest BCUT2D eigenvalue weighted by atomic mass is 10.0. The highest BCUT2D eigenvalue weighted by atomic mass is 35.5. The standard InChI is InChI=1S/C20H17ClF2N6OS/c1-30-20-28-15-10(18(29-20)26-8-4-5-25-7-8)6-11(21)13(14(15)23)9-2-3-12(22)17-16(9)27-19(24)31-17/h2-3,6,8,25H,4-5,7H2,1H3,(H2,24,27)(H,26,28,29). The van der Waals surface area contributed by atoms with Gasteiger partial charge in [0.05, 0.1) is 22.3 Å². The number of ether oxygens (including phenoxy) is 1. The molecule has 0 saturated carbocycles. The van der Waals surface area contributed by atoms with Crippen molar-refractivity contribution in [3.05, 3.63) is 34.9 Å². The third-order valence-corrected chi connectivity index (χ3v) is 6.42. The number of aromatic nitrogens is 3. The molecule has 2 aromatic heterocycles. The molecular formula is C20H17ClF2N6OS. The van der Waals surface area contributed by atoms with Crippen molar-refractivity contribution in [3.63, 3.8) is 0 Å². The number of nitrogens with one attached hydrogen (secondary N) is 2. The summed E-state index contributed by atoms with van der Waals surface area (Å²) in [6, 6.07) is 4.45. The van der Waals surface area contributed by atoms with Crippen LogP contribution in [0.4, 0.5) is 19.7 Å². The van der Waals surface area contributed by atoms with Crippen LogP contribution in [0.25, 0.3) is 32.2 Å². The Labute approximate surface area is 184 Å². The first kappa shape index (κ1) is 20.1. The van der Waals surface area contributed by atoms with Crippen molar-refractivity contribution in [2.24, 2.45) is 0 Å². The maximum absolute atomic E-state index is 15.8. The van der Waals surface area contributed by atoms with Crippen molar-refractivity contribution in [1.29, 1.82) is 0 Å². The van der Waals surface area contributed by atoms with Crippen LogP contribution in [0, 0.1) is 11.6 Å². The summed E-state index contributed by atoms with van der Waals surface area (Å²) in [5.41, 5.74) is 6.47. The van der Waals surface area contributed by atoms with Gasteiger partial charge in [-0.3, -0.25) is 0 Å². The van der Waals surface area contributed by atoms with Crippen molar-refractivity contribution in [2.45, 2.75) is 12.5 Å². The summed E-state index contributed by atoms with van der Waals surface area (Å²) in [6.07, 6.45) is 0.904. The number of hydrogen-bond acceptors (Lipinski definition) is 8. The van der Waals surface area contributed by atoms with Crippen molar-refractivity contribution >= 4 is 55.0 Å². The Morgan fingerprint density at radius 1 is 1.26 bits per heavy atom. The Hall–Kier alpha value is -2.82. The number of nitrogens with zero attached hydrogens (tertiary/aromatic N) is 3. The minimum atomic E-state index is -0.671. The quantitative estimate of drug-likeness (QED) is 0.418. The van der Waals surface area contributed by atoms with Crippen molar-refractivity contribution in [1.82, 2.24) is 20.3 Å². The van der Waals surface area contributed by atoms with Gasteiger partial charge in [-0.1, -0.05) is 22.9 Å². The number of rotatable bonds is 4. The Morgan fingerprint density at radius 3 is 2.84 bits per heavy atom. The third-order valence-electron chi connectivity index (χ3n) is 5.23. The molecule has 0 amide bonds. The summed E-state index contributed by atoms with van der Waals surface area (Å²) < 4.78 is 35.5. The first-order valence-electron chi connectivity index (χ1n) is 9.52. The van der Waals surface area contributed by atoms with Gasteiger partial charge in [-0.05, 0) is 31.2 Å². The fourth-order valence-electron chi connectivity index (χ4n) is 3.79. The molecular weight excluding hydrogens is 446 g/mol. The van der Waals surface area contributed by atoms with Gasteiger partial charge >= 0.3 is 6.01 Å². The number of benzene rings is 2. The topological polar surface area (TPSA) is 98.0 Å². The number of hydrogen-bond donors (Lipinski definition) is 3. The molecule has 1 saturated heterocycles. The van der Waals surface area contributed by atoms with E-state index in [-0.39, 0.29) is 43.5 Å². The molecule has 0 spiro atoms. The fraction of sp³-hybridized carbons (Fsp3) is 0.250. The van der Waals surface area contributed by atoms with Crippen LogP contribution in [0.15, 0.2) is 18.2 Å². The molecule has 0 bridgehead atoms. The highest BCUT2D eigenvalue weighted by Gasteiger charge is 2.24. The molecule has 4 N–H and O–H groups in total. The molecule has 1 fully saturated rings. The molecule has 2 aromatic carbocycles. The summed E-state index contributed by atoms with van der Waals surface area (Å²) >= 11 is 7.53. The van der Waals surface area contributed by atoms with Crippen molar-refractivity contribution in [2.75, 3.05) is 31.2 Å². The highest BCUT2D eigenvalue weighted by molar-refractivity contribution is 7.22. The Kier molecular flexibility index (Phi) is 4.99. The average molecular weight is 463 g/mol. The van der Waals surface area contributed by atoms with E-state index in [1.54, 1.807) is 6.07 Å². The number of nitrogen functional groups attached to an aromatic ring is 1. The van der Waals surface area contributed by atoms with Crippen LogP contribution in [-0.4, -0.2) is 41.2 Å². The molecule has 160 valence electrons. The Balaban J connectivity index is 1.75. The normalized spacial score (nSPS) is 16.3. The monoisotopic (exact) mass is 462 g/mol. The lowest BCUT2D eigenvalue weighted by Gasteiger charge is -2.17. The number of fused-ring (bicyclic) bond motifs is 2. The molecule has 5 rings (SSSR count). The largest absolute Gasteiger partial charge is 0.467 e. The average Bonchev–Trinajstić information content (AvgIpc) is 3.40. The predicted molar refractivity (Wildman–Crippen MR) is 119 cm³/mol. The van der Waals surface area contributed by atoms with Gasteiger partial charge in [-0.15, -0.1) is 0 Å². The van der Waals surface area contributed by atoms with Crippen LogP contribution in [0.5, 0.6) is 6.01 Å². The molecule has 1 aliphatic rings. The van der Waals surface area contributed by atoms with E-state index in [0.29, 0.717) is 16.8 Å². The molecule has 11 heteroatoms. The number of methoxy groups -OCH3 is 1. The van der Waals surface area contributed by atoms with Gasteiger partial charge in [0.1, 0.15) is 17.2 Å². The maximum atomic E-state index is 15.8. The molecule has 0 radical (unpaired) electrons. The van der Waals surface area contributed by atoms with Gasteiger partial charge in [-0.2, -0.15) is 9.97 Å². The smallest absolute Gasteiger partial charge is 0.318 e. The first-order chi connectivity index (χ1) is 15.0. The second-order valence-corrected chi connectivity index (χ2v) is 8.60. The van der Waals surface area contributed by atoms with E-state index >= 15 is 4.39 Å². The maximum Gasteiger partial charge on any atom is 0.318 e. The van der Waals surface area contributed by atoms with Crippen LogP contribution in [-0.2, 0) is 0 Å². The van der Waals surface area contributed by atoms with Gasteiger partial charge in [0, 0.05) is 29.1 Å². The van der Waals surface area contributed by atoms with Gasteiger partial charge in [0.25, 0.3) is 0 Å². The number of anilines is 2. The second-order valence-electron chi connectivity index (χ2n) is 7.16. The summed E-state index contributed by atoms with van der Waals surface area (Å²) in [6.45, 7) is 1.65. The summed E-state index contributed by atoms with van der Waals surface area (Å²) in [5, 5.41) is 7.32. The molecule has 1 aliphatic heterocycles. The highest BCUT2D eigenvalue weighted by Crippen LogP contribution is 2.42. The predicted octanol–water partition coefficient (Wildman–Crippen LogP) is 4.20. The zero-order valence-corrected chi connectivity index (χ0v) is 17.9. The Morgan fingerprint density at radius 2 is 2.10 bits per heavy atom. The van der Waals surface area contributed by atoms with E-state index in [2.05, 4.69) is 25.6 Å². The van der Waals surface area contributed by atoms with Gasteiger partial charge in [0.2, 0.25) is 0 Å². The van der Waals surface area contributed by atoms with E-state index in [0.717, 1.165) is 30.8 Å². The van der Waals surface area contributed by atoms with Crippen LogP contribution in [0.3, 0.4) is 0 Å². The zero-order chi connectivity index (χ0) is 21.7. The summed E-state index contributed by atoms with van der Waals surface area (Å²) in [7, 11) is 1.42. The molecule has 4 aromatic rings. The van der Waals surface area contributed by atoms with E-state index < -0.39 is 11.6 Å². The van der Waals surface area contributed by atoms with Crippen LogP contribution in [0.1, 0.15) is 6.42 Å². The van der Waals surface area contributed by atoms with Crippen molar-refractivity contribution in [3.8, 4) is 17.1 Å². The molecule has 0 aliphatic carbocycles. The Bertz CT molecular complexity index is 1320. The van der Waals surface area contributed by atoms with Gasteiger partial charge in [-0.25, -0.2) is 13.8 Å². The number of nitrogens with two attached hydrogens (primary N) is 1. The van der Waals surface area contributed by atoms with Crippen LogP contribution >= 0.6 is 22.9 Å². The number of halogens is 3. The summed E-state index contributed by atoms with van der Waals surface area (Å²) in [5.74, 6) is -0.716. The van der Waals surface area contributed by atoms with Crippen LogP contribution in [0.2, 0.25) is 5.02 Å². The van der Waals surface area contributed by atoms with Crippen LogP contribution < -0.4 is 21.1 Å². The molecule has 31 heavy (non-hydrogen) atoms. The van der Waals surface area contributed by atoms with Crippen molar-refractivity contribution < 1.29 is 13.5 Å². The molecule has 1 unspecified atom stereocenters. The minimum absolute atomic E-state index is 0.0234. The second kappa shape index (κ2) is 7.70.